The molecule has 0 saturated heterocycles. The van der Waals surface area contributed by atoms with Crippen molar-refractivity contribution in [3.8, 4) is 11.1 Å². The Kier molecular flexibility index (Phi) is 5.13. The fourth-order valence-corrected chi connectivity index (χ4v) is 4.73. The number of hydrogen-bond acceptors (Lipinski definition) is 5. The van der Waals surface area contributed by atoms with E-state index in [0.29, 0.717) is 26.4 Å². The van der Waals surface area contributed by atoms with Gasteiger partial charge in [-0.15, -0.1) is 11.3 Å². The van der Waals surface area contributed by atoms with Gasteiger partial charge in [-0.3, -0.25) is 14.4 Å². The highest BCUT2D eigenvalue weighted by Crippen LogP contribution is 2.35. The van der Waals surface area contributed by atoms with Gasteiger partial charge in [0.15, 0.2) is 0 Å². The summed E-state index contributed by atoms with van der Waals surface area (Å²) >= 11 is 1.26. The van der Waals surface area contributed by atoms with Crippen molar-refractivity contribution in [2.24, 2.45) is 0 Å². The Morgan fingerprint density at radius 1 is 1.28 bits per heavy atom. The molecule has 2 aromatic carbocycles. The molecule has 1 atom stereocenters. The fourth-order valence-electron chi connectivity index (χ4n) is 3.71. The van der Waals surface area contributed by atoms with Crippen LogP contribution in [-0.2, 0) is 20.8 Å². The summed E-state index contributed by atoms with van der Waals surface area (Å²) in [5, 5.41) is 8.79. The number of rotatable bonds is 6. The van der Waals surface area contributed by atoms with Crippen molar-refractivity contribution in [2.45, 2.75) is 38.1 Å². The zero-order valence-electron chi connectivity index (χ0n) is 17.3. The molecule has 5 rings (SSSR count). The third kappa shape index (κ3) is 4.08. The first-order valence-electron chi connectivity index (χ1n) is 10.5. The van der Waals surface area contributed by atoms with Crippen LogP contribution in [0.1, 0.15) is 36.3 Å². The SMILES string of the molecule is CC(C(=O)NCC(=O)NC1CC1)c1nc2cc(-c3ccc4c(c3)CC(=O)N4)c(F)cc2s1. The molecule has 3 N–H and O–H groups in total. The van der Waals surface area contributed by atoms with Crippen LogP contribution in [0.15, 0.2) is 30.3 Å². The molecule has 7 nitrogen and oxygen atoms in total. The van der Waals surface area contributed by atoms with E-state index in [4.69, 9.17) is 0 Å². The number of benzene rings is 2. The minimum atomic E-state index is -0.565. The lowest BCUT2D eigenvalue weighted by molar-refractivity contribution is -0.126. The van der Waals surface area contributed by atoms with Gasteiger partial charge in [0.05, 0.1) is 29.1 Å². The molecule has 9 heteroatoms. The lowest BCUT2D eigenvalue weighted by atomic mass is 10.0. The van der Waals surface area contributed by atoms with Crippen LogP contribution in [0.5, 0.6) is 0 Å². The number of carbonyl (C=O) groups is 3. The molecule has 164 valence electrons. The van der Waals surface area contributed by atoms with Crippen LogP contribution >= 0.6 is 11.3 Å². The zero-order valence-corrected chi connectivity index (χ0v) is 18.1. The molecule has 3 amide bonds. The summed E-state index contributed by atoms with van der Waals surface area (Å²) in [6.45, 7) is 1.65. The lowest BCUT2D eigenvalue weighted by Crippen LogP contribution is -2.39. The molecule has 1 aliphatic carbocycles. The second kappa shape index (κ2) is 7.98. The van der Waals surface area contributed by atoms with Gasteiger partial charge in [0, 0.05) is 17.3 Å². The highest BCUT2D eigenvalue weighted by Gasteiger charge is 2.25. The fraction of sp³-hybridized carbons (Fsp3) is 0.304. The summed E-state index contributed by atoms with van der Waals surface area (Å²) in [4.78, 5) is 40.4. The Hall–Kier alpha value is -3.33. The highest BCUT2D eigenvalue weighted by molar-refractivity contribution is 7.18. The minimum Gasteiger partial charge on any atom is -0.352 e. The van der Waals surface area contributed by atoms with Gasteiger partial charge >= 0.3 is 0 Å². The van der Waals surface area contributed by atoms with E-state index in [2.05, 4.69) is 20.9 Å². The zero-order chi connectivity index (χ0) is 22.4. The summed E-state index contributed by atoms with van der Waals surface area (Å²) in [7, 11) is 0. The molecule has 3 aromatic rings. The predicted octanol–water partition coefficient (Wildman–Crippen LogP) is 3.10. The Balaban J connectivity index is 1.35. The number of amides is 3. The summed E-state index contributed by atoms with van der Waals surface area (Å²) < 4.78 is 15.5. The van der Waals surface area contributed by atoms with Crippen LogP contribution in [0, 0.1) is 5.82 Å². The smallest absolute Gasteiger partial charge is 0.239 e. The number of nitrogens with one attached hydrogen (secondary N) is 3. The van der Waals surface area contributed by atoms with Crippen LogP contribution in [0.4, 0.5) is 10.1 Å². The topological polar surface area (TPSA) is 100 Å². The summed E-state index contributed by atoms with van der Waals surface area (Å²) in [5.74, 6) is -1.53. The Labute approximate surface area is 187 Å². The summed E-state index contributed by atoms with van der Waals surface area (Å²) in [6, 6.07) is 8.70. The largest absolute Gasteiger partial charge is 0.352 e. The number of aromatic nitrogens is 1. The van der Waals surface area contributed by atoms with Crippen LogP contribution in [0.3, 0.4) is 0 Å². The first kappa shape index (κ1) is 20.6. The minimum absolute atomic E-state index is 0.0704. The summed E-state index contributed by atoms with van der Waals surface area (Å²) in [6.07, 6.45) is 2.25. The molecular weight excluding hydrogens is 431 g/mol. The molecule has 0 bridgehead atoms. The van der Waals surface area contributed by atoms with Crippen molar-refractivity contribution in [2.75, 3.05) is 11.9 Å². The van der Waals surface area contributed by atoms with Gasteiger partial charge in [-0.2, -0.15) is 0 Å². The van der Waals surface area contributed by atoms with Crippen LogP contribution < -0.4 is 16.0 Å². The Bertz CT molecular complexity index is 1270. The molecule has 1 aromatic heterocycles. The Morgan fingerprint density at radius 2 is 2.09 bits per heavy atom. The first-order valence-corrected chi connectivity index (χ1v) is 11.3. The molecule has 1 unspecified atom stereocenters. The van der Waals surface area contributed by atoms with Gasteiger partial charge in [0.1, 0.15) is 10.8 Å². The number of halogens is 1. The van der Waals surface area contributed by atoms with Crippen molar-refractivity contribution in [1.29, 1.82) is 0 Å². The standard InChI is InChI=1S/C23H21FN4O3S/c1-11(22(31)25-10-21(30)26-14-3-4-14)23-28-18-8-15(16(24)9-19(18)32-23)12-2-5-17-13(6-12)7-20(29)27-17/h2,5-6,8-9,11,14H,3-4,7,10H2,1H3,(H,25,31)(H,26,30)(H,27,29). The number of hydrogen-bond donors (Lipinski definition) is 3. The van der Waals surface area contributed by atoms with Crippen LogP contribution in [-0.4, -0.2) is 35.3 Å². The number of fused-ring (bicyclic) bond motifs is 2. The number of nitrogens with zero attached hydrogens (tertiary/aromatic N) is 1. The second-order valence-electron chi connectivity index (χ2n) is 8.23. The average Bonchev–Trinajstić information content (AvgIpc) is 3.34. The van der Waals surface area contributed by atoms with Gasteiger partial charge in [-0.05, 0) is 55.2 Å². The molecule has 0 radical (unpaired) electrons. The number of anilines is 1. The normalized spacial score (nSPS) is 15.9. The van der Waals surface area contributed by atoms with Crippen molar-refractivity contribution in [1.82, 2.24) is 15.6 Å². The first-order chi connectivity index (χ1) is 15.4. The van der Waals surface area contributed by atoms with E-state index >= 15 is 0 Å². The van der Waals surface area contributed by atoms with Crippen molar-refractivity contribution >= 4 is 45.0 Å². The molecule has 2 aliphatic rings. The average molecular weight is 453 g/mol. The molecular formula is C23H21FN4O3S. The molecule has 1 fully saturated rings. The van der Waals surface area contributed by atoms with Crippen molar-refractivity contribution in [3.05, 3.63) is 46.7 Å². The van der Waals surface area contributed by atoms with E-state index in [1.807, 2.05) is 6.07 Å². The van der Waals surface area contributed by atoms with Crippen molar-refractivity contribution in [3.63, 3.8) is 0 Å². The number of carbonyl (C=O) groups excluding carboxylic acids is 3. The molecule has 32 heavy (non-hydrogen) atoms. The third-order valence-corrected chi connectivity index (χ3v) is 6.87. The van der Waals surface area contributed by atoms with E-state index in [1.165, 1.54) is 17.4 Å². The maximum Gasteiger partial charge on any atom is 0.239 e. The van der Waals surface area contributed by atoms with E-state index in [0.717, 1.165) is 24.1 Å². The highest BCUT2D eigenvalue weighted by atomic mass is 32.1. The van der Waals surface area contributed by atoms with Gasteiger partial charge in [0.2, 0.25) is 17.7 Å². The maximum absolute atomic E-state index is 14.9. The number of thiazole rings is 1. The van der Waals surface area contributed by atoms with Gasteiger partial charge in [-0.1, -0.05) is 6.07 Å². The van der Waals surface area contributed by atoms with E-state index < -0.39 is 11.7 Å². The summed E-state index contributed by atoms with van der Waals surface area (Å²) in [5.41, 5.74) is 3.25. The van der Waals surface area contributed by atoms with E-state index in [-0.39, 0.29) is 36.7 Å². The molecule has 2 heterocycles. The van der Waals surface area contributed by atoms with Gasteiger partial charge in [0.25, 0.3) is 0 Å². The van der Waals surface area contributed by atoms with E-state index in [9.17, 15) is 18.8 Å². The Morgan fingerprint density at radius 3 is 2.88 bits per heavy atom. The predicted molar refractivity (Wildman–Crippen MR) is 120 cm³/mol. The van der Waals surface area contributed by atoms with Crippen LogP contribution in [0.2, 0.25) is 0 Å². The van der Waals surface area contributed by atoms with E-state index in [1.54, 1.807) is 25.1 Å². The molecule has 1 saturated carbocycles. The monoisotopic (exact) mass is 452 g/mol. The molecule has 1 aliphatic heterocycles. The van der Waals surface area contributed by atoms with Gasteiger partial charge < -0.3 is 16.0 Å². The van der Waals surface area contributed by atoms with Gasteiger partial charge in [-0.25, -0.2) is 9.37 Å². The lowest BCUT2D eigenvalue weighted by Gasteiger charge is -2.09. The van der Waals surface area contributed by atoms with Crippen molar-refractivity contribution < 1.29 is 18.8 Å². The quantitative estimate of drug-likeness (QED) is 0.535. The third-order valence-electron chi connectivity index (χ3n) is 5.66. The second-order valence-corrected chi connectivity index (χ2v) is 9.29. The van der Waals surface area contributed by atoms with Crippen LogP contribution in [0.25, 0.3) is 21.3 Å². The maximum atomic E-state index is 14.9. The molecule has 0 spiro atoms.